The molecule has 19 heavy (non-hydrogen) atoms. The minimum atomic E-state index is 0.635. The van der Waals surface area contributed by atoms with Gasteiger partial charge in [0.2, 0.25) is 0 Å². The molecule has 1 aliphatic carbocycles. The molecule has 0 bridgehead atoms. The van der Waals surface area contributed by atoms with E-state index < -0.39 is 0 Å². The van der Waals surface area contributed by atoms with Crippen LogP contribution < -0.4 is 5.32 Å². The first-order chi connectivity index (χ1) is 9.00. The molecule has 1 saturated carbocycles. The quantitative estimate of drug-likeness (QED) is 0.682. The molecule has 2 nitrogen and oxygen atoms in total. The van der Waals surface area contributed by atoms with E-state index in [1.54, 1.807) is 0 Å². The van der Waals surface area contributed by atoms with Gasteiger partial charge in [-0.2, -0.15) is 0 Å². The highest BCUT2D eigenvalue weighted by Gasteiger charge is 2.22. The molecule has 0 saturated heterocycles. The van der Waals surface area contributed by atoms with E-state index in [1.807, 2.05) is 0 Å². The number of nitrogens with zero attached hydrogens (tertiary/aromatic N) is 1. The molecule has 0 spiro atoms. The van der Waals surface area contributed by atoms with Crippen molar-refractivity contribution in [3.8, 4) is 0 Å². The monoisotopic (exact) mass is 268 g/mol. The summed E-state index contributed by atoms with van der Waals surface area (Å²) >= 11 is 0. The molecule has 1 fully saturated rings. The molecule has 0 aromatic rings. The Labute approximate surface area is 121 Å². The Bertz CT molecular complexity index is 219. The molecule has 0 aromatic carbocycles. The summed E-state index contributed by atoms with van der Waals surface area (Å²) in [6.07, 6.45) is 7.09. The highest BCUT2D eigenvalue weighted by molar-refractivity contribution is 4.78. The van der Waals surface area contributed by atoms with Gasteiger partial charge in [0.05, 0.1) is 0 Å². The lowest BCUT2D eigenvalue weighted by molar-refractivity contribution is 0.185. The number of hydrogen-bond donors (Lipinski definition) is 1. The maximum absolute atomic E-state index is 3.68. The summed E-state index contributed by atoms with van der Waals surface area (Å²) < 4.78 is 0. The molecule has 1 aliphatic rings. The summed E-state index contributed by atoms with van der Waals surface area (Å²) in [4.78, 5) is 2.76. The van der Waals surface area contributed by atoms with Gasteiger partial charge in [0, 0.05) is 25.2 Å². The Kier molecular flexibility index (Phi) is 8.01. The molecule has 0 aliphatic heterocycles. The van der Waals surface area contributed by atoms with Gasteiger partial charge in [0.1, 0.15) is 0 Å². The lowest BCUT2D eigenvalue weighted by atomic mass is 10.1. The molecule has 1 atom stereocenters. The fourth-order valence-corrected chi connectivity index (χ4v) is 2.84. The third-order valence-electron chi connectivity index (χ3n) is 4.70. The zero-order valence-corrected chi connectivity index (χ0v) is 13.9. The molecule has 0 amide bonds. The van der Waals surface area contributed by atoms with Gasteiger partial charge in [-0.25, -0.2) is 0 Å². The Hall–Kier alpha value is -0.0800. The third kappa shape index (κ3) is 6.76. The van der Waals surface area contributed by atoms with Gasteiger partial charge >= 0.3 is 0 Å². The molecule has 0 radical (unpaired) electrons. The Morgan fingerprint density at radius 1 is 1.00 bits per heavy atom. The normalized spacial score (nSPS) is 18.9. The SMILES string of the molecule is CC(C)CCN(CCNC(C)C(C)C)C1CCCC1. The summed E-state index contributed by atoms with van der Waals surface area (Å²) in [6, 6.07) is 1.51. The lowest BCUT2D eigenvalue weighted by Crippen LogP contribution is -2.42. The average molecular weight is 268 g/mol. The van der Waals surface area contributed by atoms with Crippen molar-refractivity contribution in [2.45, 2.75) is 78.8 Å². The van der Waals surface area contributed by atoms with Crippen molar-refractivity contribution in [3.05, 3.63) is 0 Å². The number of rotatable bonds is 9. The van der Waals surface area contributed by atoms with Crippen LogP contribution in [0.25, 0.3) is 0 Å². The average Bonchev–Trinajstić information content (AvgIpc) is 2.86. The maximum atomic E-state index is 3.68. The van der Waals surface area contributed by atoms with Gasteiger partial charge in [0.25, 0.3) is 0 Å². The van der Waals surface area contributed by atoms with Gasteiger partial charge in [0.15, 0.2) is 0 Å². The molecular formula is C17H36N2. The van der Waals surface area contributed by atoms with E-state index in [9.17, 15) is 0 Å². The first kappa shape index (κ1) is 17.0. The number of nitrogens with one attached hydrogen (secondary N) is 1. The maximum Gasteiger partial charge on any atom is 0.0110 e. The first-order valence-corrected chi connectivity index (χ1v) is 8.48. The molecule has 1 unspecified atom stereocenters. The summed E-state index contributed by atoms with van der Waals surface area (Å²) in [5.41, 5.74) is 0. The molecular weight excluding hydrogens is 232 g/mol. The number of hydrogen-bond acceptors (Lipinski definition) is 2. The minimum absolute atomic E-state index is 0.635. The summed E-state index contributed by atoms with van der Waals surface area (Å²) in [5.74, 6) is 1.56. The van der Waals surface area contributed by atoms with Crippen LogP contribution in [0.1, 0.15) is 66.7 Å². The zero-order valence-electron chi connectivity index (χ0n) is 13.9. The summed E-state index contributed by atoms with van der Waals surface area (Å²) in [5, 5.41) is 3.68. The predicted octanol–water partition coefficient (Wildman–Crippen LogP) is 3.91. The van der Waals surface area contributed by atoms with Crippen molar-refractivity contribution in [1.29, 1.82) is 0 Å². The second-order valence-electron chi connectivity index (χ2n) is 7.14. The van der Waals surface area contributed by atoms with Crippen molar-refractivity contribution >= 4 is 0 Å². The Balaban J connectivity index is 2.31. The van der Waals surface area contributed by atoms with E-state index in [2.05, 4.69) is 44.8 Å². The van der Waals surface area contributed by atoms with Gasteiger partial charge in [-0.05, 0) is 44.6 Å². The topological polar surface area (TPSA) is 15.3 Å². The van der Waals surface area contributed by atoms with Crippen molar-refractivity contribution in [2.75, 3.05) is 19.6 Å². The van der Waals surface area contributed by atoms with Gasteiger partial charge in [-0.15, -0.1) is 0 Å². The van der Waals surface area contributed by atoms with Crippen molar-refractivity contribution in [2.24, 2.45) is 11.8 Å². The first-order valence-electron chi connectivity index (χ1n) is 8.48. The lowest BCUT2D eigenvalue weighted by Gasteiger charge is -2.30. The highest BCUT2D eigenvalue weighted by Crippen LogP contribution is 2.23. The van der Waals surface area contributed by atoms with Crippen LogP contribution in [0, 0.1) is 11.8 Å². The van der Waals surface area contributed by atoms with Crippen LogP contribution in [0.2, 0.25) is 0 Å². The van der Waals surface area contributed by atoms with Crippen molar-refractivity contribution in [3.63, 3.8) is 0 Å². The van der Waals surface area contributed by atoms with Crippen molar-refractivity contribution < 1.29 is 0 Å². The summed E-state index contributed by atoms with van der Waals surface area (Å²) in [6.45, 7) is 15.2. The molecule has 0 aromatic heterocycles. The minimum Gasteiger partial charge on any atom is -0.313 e. The van der Waals surface area contributed by atoms with E-state index >= 15 is 0 Å². The van der Waals surface area contributed by atoms with Crippen LogP contribution >= 0.6 is 0 Å². The molecule has 114 valence electrons. The smallest absolute Gasteiger partial charge is 0.0110 e. The standard InChI is InChI=1S/C17H36N2/c1-14(2)10-12-19(17-8-6-7-9-17)13-11-18-16(5)15(3)4/h14-18H,6-13H2,1-5H3. The van der Waals surface area contributed by atoms with E-state index in [4.69, 9.17) is 0 Å². The van der Waals surface area contributed by atoms with Crippen LogP contribution in [-0.2, 0) is 0 Å². The molecule has 2 heteroatoms. The van der Waals surface area contributed by atoms with Crippen LogP contribution in [-0.4, -0.2) is 36.6 Å². The largest absolute Gasteiger partial charge is 0.313 e. The van der Waals surface area contributed by atoms with Crippen LogP contribution in [0.5, 0.6) is 0 Å². The second kappa shape index (κ2) is 8.97. The second-order valence-corrected chi connectivity index (χ2v) is 7.14. The van der Waals surface area contributed by atoms with E-state index in [-0.39, 0.29) is 0 Å². The molecule has 1 rings (SSSR count). The van der Waals surface area contributed by atoms with Crippen molar-refractivity contribution in [1.82, 2.24) is 10.2 Å². The Morgan fingerprint density at radius 3 is 2.16 bits per heavy atom. The third-order valence-corrected chi connectivity index (χ3v) is 4.70. The van der Waals surface area contributed by atoms with Gasteiger partial charge in [-0.1, -0.05) is 40.5 Å². The molecule has 1 N–H and O–H groups in total. The predicted molar refractivity (Wildman–Crippen MR) is 85.6 cm³/mol. The fourth-order valence-electron chi connectivity index (χ4n) is 2.84. The van der Waals surface area contributed by atoms with E-state index in [1.165, 1.54) is 45.2 Å². The van der Waals surface area contributed by atoms with E-state index in [0.717, 1.165) is 24.4 Å². The zero-order chi connectivity index (χ0) is 14.3. The highest BCUT2D eigenvalue weighted by atomic mass is 15.2. The van der Waals surface area contributed by atoms with Crippen LogP contribution in [0.15, 0.2) is 0 Å². The molecule has 0 heterocycles. The van der Waals surface area contributed by atoms with Gasteiger partial charge in [-0.3, -0.25) is 4.90 Å². The fraction of sp³-hybridized carbons (Fsp3) is 1.00. The Morgan fingerprint density at radius 2 is 1.63 bits per heavy atom. The summed E-state index contributed by atoms with van der Waals surface area (Å²) in [7, 11) is 0. The van der Waals surface area contributed by atoms with E-state index in [0.29, 0.717) is 6.04 Å². The van der Waals surface area contributed by atoms with Crippen LogP contribution in [0.3, 0.4) is 0 Å². The van der Waals surface area contributed by atoms with Crippen LogP contribution in [0.4, 0.5) is 0 Å². The van der Waals surface area contributed by atoms with Gasteiger partial charge < -0.3 is 5.32 Å².